The van der Waals surface area contributed by atoms with E-state index in [4.69, 9.17) is 10.8 Å². The normalized spacial score (nSPS) is 9.85. The lowest BCUT2D eigenvalue weighted by molar-refractivity contribution is -0.137. The molecule has 7 nitrogen and oxygen atoms in total. The highest BCUT2D eigenvalue weighted by molar-refractivity contribution is 5.95. The lowest BCUT2D eigenvalue weighted by Gasteiger charge is -2.20. The van der Waals surface area contributed by atoms with Gasteiger partial charge in [0.25, 0.3) is 5.91 Å². The summed E-state index contributed by atoms with van der Waals surface area (Å²) in [5.74, 6) is -1.20. The number of nitrogens with zero attached hydrogens (tertiary/aromatic N) is 1. The summed E-state index contributed by atoms with van der Waals surface area (Å²) in [5, 5.41) is 11.0. The number of carbonyl (C=O) groups is 3. The molecule has 0 unspecified atom stereocenters. The monoisotopic (exact) mass is 279 g/mol. The lowest BCUT2D eigenvalue weighted by atomic mass is 10.1. The minimum atomic E-state index is -0.947. The van der Waals surface area contributed by atoms with Gasteiger partial charge < -0.3 is 21.1 Å². The Kier molecular flexibility index (Phi) is 5.52. The Morgan fingerprint density at radius 2 is 1.85 bits per heavy atom. The van der Waals surface area contributed by atoms with Crippen LogP contribution in [-0.4, -0.2) is 41.0 Å². The molecular formula is C13H17N3O4. The fraction of sp³-hybridized carbons (Fsp3) is 0.308. The zero-order valence-electron chi connectivity index (χ0n) is 11.1. The van der Waals surface area contributed by atoms with Crippen LogP contribution in [0.2, 0.25) is 0 Å². The minimum Gasteiger partial charge on any atom is -0.481 e. The summed E-state index contributed by atoms with van der Waals surface area (Å²) in [7, 11) is 0. The molecule has 0 spiro atoms. The Hall–Kier alpha value is -2.57. The number of nitrogens with one attached hydrogen (secondary N) is 1. The zero-order chi connectivity index (χ0) is 15.1. The summed E-state index contributed by atoms with van der Waals surface area (Å²) < 4.78 is 0. The molecule has 0 aliphatic carbocycles. The zero-order valence-corrected chi connectivity index (χ0v) is 11.1. The molecule has 0 saturated heterocycles. The standard InChI is InChI=1S/C13H17N3O4/c1-2-16(8-7-11(17)18)12(19)9-3-5-10(6-4-9)15-13(14)20/h3-6H,2,7-8H2,1H3,(H,17,18)(H3,14,15,20). The fourth-order valence-electron chi connectivity index (χ4n) is 1.65. The molecular weight excluding hydrogens is 262 g/mol. The van der Waals surface area contributed by atoms with Crippen LogP contribution in [0.15, 0.2) is 24.3 Å². The molecule has 0 heterocycles. The van der Waals surface area contributed by atoms with E-state index in [0.717, 1.165) is 0 Å². The van der Waals surface area contributed by atoms with E-state index in [1.807, 2.05) is 0 Å². The molecule has 1 aromatic carbocycles. The van der Waals surface area contributed by atoms with E-state index in [9.17, 15) is 14.4 Å². The van der Waals surface area contributed by atoms with E-state index in [1.165, 1.54) is 4.90 Å². The maximum atomic E-state index is 12.1. The number of primary amides is 1. The Balaban J connectivity index is 2.74. The number of carboxylic acids is 1. The van der Waals surface area contributed by atoms with Crippen molar-refractivity contribution in [2.24, 2.45) is 5.73 Å². The molecule has 0 aliphatic heterocycles. The molecule has 1 aromatic rings. The summed E-state index contributed by atoms with van der Waals surface area (Å²) in [6.07, 6.45) is -0.0963. The topological polar surface area (TPSA) is 113 Å². The van der Waals surface area contributed by atoms with Crippen LogP contribution in [0.5, 0.6) is 0 Å². The number of carbonyl (C=O) groups excluding carboxylic acids is 2. The number of amides is 3. The van der Waals surface area contributed by atoms with Crippen molar-refractivity contribution in [3.8, 4) is 0 Å². The smallest absolute Gasteiger partial charge is 0.316 e. The molecule has 0 saturated carbocycles. The van der Waals surface area contributed by atoms with Gasteiger partial charge in [0, 0.05) is 24.3 Å². The van der Waals surface area contributed by atoms with E-state index >= 15 is 0 Å². The number of hydrogen-bond acceptors (Lipinski definition) is 3. The Morgan fingerprint density at radius 1 is 1.25 bits per heavy atom. The van der Waals surface area contributed by atoms with Gasteiger partial charge in [-0.15, -0.1) is 0 Å². The SMILES string of the molecule is CCN(CCC(=O)O)C(=O)c1ccc(NC(N)=O)cc1. The van der Waals surface area contributed by atoms with E-state index in [2.05, 4.69) is 5.32 Å². The van der Waals surface area contributed by atoms with Crippen LogP contribution < -0.4 is 11.1 Å². The lowest BCUT2D eigenvalue weighted by Crippen LogP contribution is -2.32. The molecule has 0 fully saturated rings. The van der Waals surface area contributed by atoms with E-state index in [1.54, 1.807) is 31.2 Å². The largest absolute Gasteiger partial charge is 0.481 e. The van der Waals surface area contributed by atoms with Gasteiger partial charge in [-0.05, 0) is 31.2 Å². The predicted molar refractivity (Wildman–Crippen MR) is 73.5 cm³/mol. The molecule has 0 radical (unpaired) electrons. The van der Waals surface area contributed by atoms with Crippen molar-refractivity contribution in [2.75, 3.05) is 18.4 Å². The van der Waals surface area contributed by atoms with Crippen LogP contribution in [0.3, 0.4) is 0 Å². The number of carboxylic acid groups (broad SMARTS) is 1. The summed E-state index contributed by atoms with van der Waals surface area (Å²) in [5.41, 5.74) is 5.89. The number of urea groups is 1. The van der Waals surface area contributed by atoms with Crippen molar-refractivity contribution in [2.45, 2.75) is 13.3 Å². The van der Waals surface area contributed by atoms with Crippen molar-refractivity contribution in [3.63, 3.8) is 0 Å². The average Bonchev–Trinajstić information content (AvgIpc) is 2.39. The first-order chi connectivity index (χ1) is 9.43. The van der Waals surface area contributed by atoms with Crippen molar-refractivity contribution in [1.29, 1.82) is 0 Å². The van der Waals surface area contributed by atoms with Gasteiger partial charge in [-0.1, -0.05) is 0 Å². The van der Waals surface area contributed by atoms with Crippen molar-refractivity contribution >= 4 is 23.6 Å². The van der Waals surface area contributed by atoms with Gasteiger partial charge >= 0.3 is 12.0 Å². The quantitative estimate of drug-likeness (QED) is 0.724. The highest BCUT2D eigenvalue weighted by atomic mass is 16.4. The van der Waals surface area contributed by atoms with Crippen LogP contribution in [0.1, 0.15) is 23.7 Å². The second-order valence-electron chi connectivity index (χ2n) is 4.10. The Bertz CT molecular complexity index is 499. The molecule has 0 aliphatic rings. The third-order valence-electron chi connectivity index (χ3n) is 2.66. The number of hydrogen-bond donors (Lipinski definition) is 3. The van der Waals surface area contributed by atoms with Gasteiger partial charge in [-0.2, -0.15) is 0 Å². The van der Waals surface area contributed by atoms with Gasteiger partial charge in [0.05, 0.1) is 6.42 Å². The molecule has 0 aromatic heterocycles. The van der Waals surface area contributed by atoms with Crippen molar-refractivity contribution < 1.29 is 19.5 Å². The first-order valence-electron chi connectivity index (χ1n) is 6.11. The molecule has 0 bridgehead atoms. The third-order valence-corrected chi connectivity index (χ3v) is 2.66. The maximum absolute atomic E-state index is 12.1. The Morgan fingerprint density at radius 3 is 2.30 bits per heavy atom. The second kappa shape index (κ2) is 7.13. The molecule has 1 rings (SSSR count). The van der Waals surface area contributed by atoms with Gasteiger partial charge in [-0.3, -0.25) is 9.59 Å². The molecule has 4 N–H and O–H groups in total. The highest BCUT2D eigenvalue weighted by Gasteiger charge is 2.15. The predicted octanol–water partition coefficient (Wildman–Crippen LogP) is 1.11. The molecule has 20 heavy (non-hydrogen) atoms. The molecule has 7 heteroatoms. The average molecular weight is 279 g/mol. The van der Waals surface area contributed by atoms with E-state index in [-0.39, 0.29) is 18.9 Å². The van der Waals surface area contributed by atoms with Crippen molar-refractivity contribution in [3.05, 3.63) is 29.8 Å². The number of nitrogens with two attached hydrogens (primary N) is 1. The number of benzene rings is 1. The van der Waals surface area contributed by atoms with E-state index < -0.39 is 12.0 Å². The maximum Gasteiger partial charge on any atom is 0.316 e. The molecule has 0 atom stereocenters. The number of aliphatic carboxylic acids is 1. The number of anilines is 1. The van der Waals surface area contributed by atoms with E-state index in [0.29, 0.717) is 17.8 Å². The van der Waals surface area contributed by atoms with Crippen LogP contribution >= 0.6 is 0 Å². The van der Waals surface area contributed by atoms with Gasteiger partial charge in [0.2, 0.25) is 0 Å². The van der Waals surface area contributed by atoms with Crippen LogP contribution in [0.4, 0.5) is 10.5 Å². The summed E-state index contributed by atoms with van der Waals surface area (Å²) in [4.78, 5) is 34.8. The van der Waals surface area contributed by atoms with Crippen LogP contribution in [0.25, 0.3) is 0 Å². The third kappa shape index (κ3) is 4.60. The molecule has 3 amide bonds. The summed E-state index contributed by atoms with van der Waals surface area (Å²) in [6.45, 7) is 2.36. The first-order valence-corrected chi connectivity index (χ1v) is 6.11. The van der Waals surface area contributed by atoms with Gasteiger partial charge in [-0.25, -0.2) is 4.79 Å². The highest BCUT2D eigenvalue weighted by Crippen LogP contribution is 2.11. The molecule has 108 valence electrons. The van der Waals surface area contributed by atoms with Crippen molar-refractivity contribution in [1.82, 2.24) is 4.90 Å². The van der Waals surface area contributed by atoms with Crippen LogP contribution in [0, 0.1) is 0 Å². The summed E-state index contributed by atoms with van der Waals surface area (Å²) in [6, 6.07) is 5.54. The summed E-state index contributed by atoms with van der Waals surface area (Å²) >= 11 is 0. The first kappa shape index (κ1) is 15.5. The second-order valence-corrected chi connectivity index (χ2v) is 4.10. The Labute approximate surface area is 116 Å². The van der Waals surface area contributed by atoms with Gasteiger partial charge in [0.1, 0.15) is 0 Å². The van der Waals surface area contributed by atoms with Gasteiger partial charge in [0.15, 0.2) is 0 Å². The number of rotatable bonds is 6. The minimum absolute atomic E-state index is 0.0963. The van der Waals surface area contributed by atoms with Crippen LogP contribution in [-0.2, 0) is 4.79 Å². The fourth-order valence-corrected chi connectivity index (χ4v) is 1.65.